The van der Waals surface area contributed by atoms with Gasteiger partial charge in [-0.2, -0.15) is 0 Å². The quantitative estimate of drug-likeness (QED) is 0.431. The summed E-state index contributed by atoms with van der Waals surface area (Å²) < 4.78 is 0. The van der Waals surface area contributed by atoms with E-state index >= 15 is 0 Å². The van der Waals surface area contributed by atoms with E-state index in [1.807, 2.05) is 0 Å². The van der Waals surface area contributed by atoms with E-state index in [9.17, 15) is 0 Å². The molecule has 0 saturated carbocycles. The van der Waals surface area contributed by atoms with Gasteiger partial charge in [-0.3, -0.25) is 0 Å². The Balaban J connectivity index is 2.30. The molecule has 1 rings (SSSR count). The molecular formula is C6H14N+. The van der Waals surface area contributed by atoms with Crippen LogP contribution < -0.4 is 4.90 Å². The Bertz CT molecular complexity index is 76.2. The number of rotatable bonds is 1. The van der Waals surface area contributed by atoms with Crippen molar-refractivity contribution in [2.45, 2.75) is 26.3 Å². The van der Waals surface area contributed by atoms with Crippen LogP contribution in [0, 0.1) is 0 Å². The largest absolute Gasteiger partial charge is 0.321 e. The van der Waals surface area contributed by atoms with Crippen molar-refractivity contribution in [3.63, 3.8) is 0 Å². The molecule has 1 fully saturated rings. The summed E-state index contributed by atoms with van der Waals surface area (Å²) in [5.74, 6) is 0. The minimum atomic E-state index is 0.634. The summed E-state index contributed by atoms with van der Waals surface area (Å²) in [6.07, 6.45) is 0. The van der Waals surface area contributed by atoms with Crippen LogP contribution >= 0.6 is 0 Å². The molecule has 0 aliphatic carbocycles. The van der Waals surface area contributed by atoms with Crippen molar-refractivity contribution in [2.24, 2.45) is 0 Å². The number of hydrogen-bond donors (Lipinski definition) is 1. The minimum Gasteiger partial charge on any atom is -0.321 e. The fraction of sp³-hybridized carbons (Fsp3) is 1.00. The molecule has 1 nitrogen and oxygen atoms in total. The molecule has 0 radical (unpaired) electrons. The van der Waals surface area contributed by atoms with Crippen LogP contribution in [0.4, 0.5) is 0 Å². The van der Waals surface area contributed by atoms with Crippen molar-refractivity contribution in [1.29, 1.82) is 0 Å². The lowest BCUT2D eigenvalue weighted by Crippen LogP contribution is -2.96. The zero-order valence-corrected chi connectivity index (χ0v) is 5.41. The molecule has 0 bridgehead atoms. The van der Waals surface area contributed by atoms with Gasteiger partial charge in [-0.25, -0.2) is 0 Å². The number of likely N-dealkylation sites (N-methyl/N-ethyl adjacent to an activating group) is 1. The van der Waals surface area contributed by atoms with Crippen molar-refractivity contribution in [1.82, 2.24) is 0 Å². The van der Waals surface area contributed by atoms with Gasteiger partial charge in [0.15, 0.2) is 0 Å². The van der Waals surface area contributed by atoms with Crippen LogP contribution in [0.1, 0.15) is 20.8 Å². The molecule has 0 aromatic carbocycles. The third-order valence-electron chi connectivity index (χ3n) is 1.91. The zero-order valence-electron chi connectivity index (χ0n) is 5.41. The second-order valence-corrected chi connectivity index (χ2v) is 3.02. The highest BCUT2D eigenvalue weighted by Crippen LogP contribution is 2.03. The molecule has 1 unspecified atom stereocenters. The van der Waals surface area contributed by atoms with Gasteiger partial charge in [0.1, 0.15) is 12.1 Å². The van der Waals surface area contributed by atoms with Gasteiger partial charge in [0.25, 0.3) is 0 Å². The van der Waals surface area contributed by atoms with E-state index in [0.29, 0.717) is 5.54 Å². The smallest absolute Gasteiger partial charge is 0.141 e. The molecule has 0 spiro atoms. The Kier molecular flexibility index (Phi) is 0.890. The van der Waals surface area contributed by atoms with E-state index in [4.69, 9.17) is 0 Å². The highest BCUT2D eigenvalue weighted by Gasteiger charge is 2.47. The van der Waals surface area contributed by atoms with Crippen LogP contribution in [0.15, 0.2) is 0 Å². The van der Waals surface area contributed by atoms with Crippen molar-refractivity contribution < 1.29 is 4.90 Å². The number of quaternary nitrogens is 1. The maximum atomic E-state index is 2.31. The Labute approximate surface area is 45.3 Å². The summed E-state index contributed by atoms with van der Waals surface area (Å²) in [5, 5.41) is 0. The van der Waals surface area contributed by atoms with Crippen molar-refractivity contribution in [3.05, 3.63) is 0 Å². The van der Waals surface area contributed by atoms with E-state index in [-0.39, 0.29) is 0 Å². The first-order valence-corrected chi connectivity index (χ1v) is 3.02. The van der Waals surface area contributed by atoms with Gasteiger partial charge in [-0.15, -0.1) is 0 Å². The Morgan fingerprint density at radius 1 is 1.57 bits per heavy atom. The van der Waals surface area contributed by atoms with E-state index in [1.54, 1.807) is 4.90 Å². The lowest BCUT2D eigenvalue weighted by molar-refractivity contribution is -0.787. The molecule has 1 heterocycles. The molecular weight excluding hydrogens is 86.1 g/mol. The zero-order chi connectivity index (χ0) is 5.49. The number of hydrogen-bond acceptors (Lipinski definition) is 0. The first-order valence-electron chi connectivity index (χ1n) is 3.02. The number of nitrogens with one attached hydrogen (secondary N) is 1. The summed E-state index contributed by atoms with van der Waals surface area (Å²) >= 11 is 0. The maximum Gasteiger partial charge on any atom is 0.141 e. The standard InChI is InChI=1S/C6H13N/c1-4-7-5-6(7,2)3/h4-5H2,1-3H3/p+1. The molecule has 1 atom stereocenters. The Hall–Kier alpha value is -0.0400. The van der Waals surface area contributed by atoms with E-state index < -0.39 is 0 Å². The normalized spacial score (nSPS) is 35.6. The highest BCUT2D eigenvalue weighted by atomic mass is 15.3. The molecule has 1 aliphatic heterocycles. The average Bonchev–Trinajstić information content (AvgIpc) is 2.13. The minimum absolute atomic E-state index is 0.634. The van der Waals surface area contributed by atoms with E-state index in [2.05, 4.69) is 20.8 Å². The first kappa shape index (κ1) is 5.10. The maximum absolute atomic E-state index is 2.31. The van der Waals surface area contributed by atoms with E-state index in [1.165, 1.54) is 13.1 Å². The summed E-state index contributed by atoms with van der Waals surface area (Å²) in [7, 11) is 0. The third kappa shape index (κ3) is 0.778. The van der Waals surface area contributed by atoms with Gasteiger partial charge in [0, 0.05) is 0 Å². The van der Waals surface area contributed by atoms with Crippen LogP contribution in [-0.4, -0.2) is 18.6 Å². The third-order valence-corrected chi connectivity index (χ3v) is 1.91. The fourth-order valence-electron chi connectivity index (χ4n) is 1.09. The van der Waals surface area contributed by atoms with Gasteiger partial charge in [0.05, 0.1) is 6.54 Å². The van der Waals surface area contributed by atoms with Crippen molar-refractivity contribution >= 4 is 0 Å². The summed E-state index contributed by atoms with van der Waals surface area (Å²) in [6.45, 7) is 9.54. The lowest BCUT2D eigenvalue weighted by atomic mass is 10.2. The highest BCUT2D eigenvalue weighted by molar-refractivity contribution is 4.75. The van der Waals surface area contributed by atoms with Gasteiger partial charge in [-0.05, 0) is 20.8 Å². The molecule has 0 aromatic rings. The van der Waals surface area contributed by atoms with Crippen molar-refractivity contribution in [2.75, 3.05) is 13.1 Å². The van der Waals surface area contributed by atoms with E-state index in [0.717, 1.165) is 0 Å². The fourth-order valence-corrected chi connectivity index (χ4v) is 1.09. The molecule has 42 valence electrons. The van der Waals surface area contributed by atoms with Crippen LogP contribution in [0.3, 0.4) is 0 Å². The molecule has 0 aromatic heterocycles. The molecule has 1 heteroatoms. The van der Waals surface area contributed by atoms with Crippen LogP contribution in [-0.2, 0) is 0 Å². The molecule has 1 N–H and O–H groups in total. The summed E-state index contributed by atoms with van der Waals surface area (Å²) in [6, 6.07) is 0. The van der Waals surface area contributed by atoms with Crippen LogP contribution in [0.25, 0.3) is 0 Å². The van der Waals surface area contributed by atoms with Gasteiger partial charge < -0.3 is 4.90 Å². The summed E-state index contributed by atoms with van der Waals surface area (Å²) in [4.78, 5) is 1.74. The molecule has 1 aliphatic rings. The predicted molar refractivity (Wildman–Crippen MR) is 30.4 cm³/mol. The molecule has 7 heavy (non-hydrogen) atoms. The first-order chi connectivity index (χ1) is 3.17. The van der Waals surface area contributed by atoms with Gasteiger partial charge in [0.2, 0.25) is 0 Å². The van der Waals surface area contributed by atoms with Crippen LogP contribution in [0.5, 0.6) is 0 Å². The average molecular weight is 100 g/mol. The van der Waals surface area contributed by atoms with Gasteiger partial charge >= 0.3 is 0 Å². The predicted octanol–water partition coefficient (Wildman–Crippen LogP) is -0.317. The van der Waals surface area contributed by atoms with Crippen molar-refractivity contribution in [3.8, 4) is 0 Å². The molecule has 1 saturated heterocycles. The molecule has 0 amide bonds. The van der Waals surface area contributed by atoms with Gasteiger partial charge in [-0.1, -0.05) is 0 Å². The topological polar surface area (TPSA) is 4.44 Å². The SMILES string of the molecule is CC[NH+]1CC1(C)C. The lowest BCUT2D eigenvalue weighted by Gasteiger charge is -1.94. The second kappa shape index (κ2) is 1.22. The summed E-state index contributed by atoms with van der Waals surface area (Å²) in [5.41, 5.74) is 0.634. The van der Waals surface area contributed by atoms with Crippen LogP contribution in [0.2, 0.25) is 0 Å². The second-order valence-electron chi connectivity index (χ2n) is 3.02. The Morgan fingerprint density at radius 2 is 2.00 bits per heavy atom. The Morgan fingerprint density at radius 3 is 2.00 bits per heavy atom. The monoisotopic (exact) mass is 100 g/mol.